The summed E-state index contributed by atoms with van der Waals surface area (Å²) in [6.07, 6.45) is 1.81. The number of aromatic hydroxyl groups is 1. The summed E-state index contributed by atoms with van der Waals surface area (Å²) in [5.41, 5.74) is 6.79. The van der Waals surface area contributed by atoms with Crippen LogP contribution in [0.1, 0.15) is 37.7 Å². The first-order valence-corrected chi connectivity index (χ1v) is 8.36. The molecule has 144 valence electrons. The Morgan fingerprint density at radius 3 is 2.85 bits per heavy atom. The number of phenolic OH excluding ortho intramolecular Hbond substituents is 1. The summed E-state index contributed by atoms with van der Waals surface area (Å²) in [4.78, 5) is 15.1. The molecule has 1 aromatic carbocycles. The predicted octanol–water partition coefficient (Wildman–Crippen LogP) is 3.12. The van der Waals surface area contributed by atoms with Crippen LogP contribution in [0, 0.1) is 5.82 Å². The fourth-order valence-electron chi connectivity index (χ4n) is 2.27. The van der Waals surface area contributed by atoms with Crippen molar-refractivity contribution in [2.45, 2.75) is 26.6 Å². The van der Waals surface area contributed by atoms with Gasteiger partial charge in [0.15, 0.2) is 11.6 Å². The highest BCUT2D eigenvalue weighted by Crippen LogP contribution is 2.36. The zero-order valence-electron chi connectivity index (χ0n) is 14.7. The molecule has 7 nitrogen and oxygen atoms in total. The molecule has 1 atom stereocenters. The van der Waals surface area contributed by atoms with Crippen molar-refractivity contribution in [2.75, 3.05) is 5.73 Å². The van der Waals surface area contributed by atoms with E-state index in [2.05, 4.69) is 10.3 Å². The van der Waals surface area contributed by atoms with Gasteiger partial charge in [0.05, 0.1) is 10.6 Å². The van der Waals surface area contributed by atoms with Gasteiger partial charge in [-0.1, -0.05) is 18.5 Å². The van der Waals surface area contributed by atoms with Gasteiger partial charge in [0, 0.05) is 24.9 Å². The lowest BCUT2D eigenvalue weighted by molar-refractivity contribution is -0.118. The summed E-state index contributed by atoms with van der Waals surface area (Å²) >= 11 is 5.80. The summed E-state index contributed by atoms with van der Waals surface area (Å²) in [6, 6.07) is 3.52. The second kappa shape index (κ2) is 8.70. The van der Waals surface area contributed by atoms with Crippen molar-refractivity contribution in [3.05, 3.63) is 52.6 Å². The van der Waals surface area contributed by atoms with E-state index in [1.807, 2.05) is 6.92 Å². The van der Waals surface area contributed by atoms with Crippen LogP contribution in [0.5, 0.6) is 11.5 Å². The molecule has 0 fully saturated rings. The standard InChI is InChI=1S/C18H19ClFN3O4/c1-3-10(7-22-9(2)24)11-6-14(17(21)23-8-11)27-18(26)15-13(25)5-4-12(20)16(15)19/h4-8,18,25-26H,3H2,1-2H3,(H2,21,23)(H,22,24)/b10-7+. The van der Waals surface area contributed by atoms with Gasteiger partial charge in [0.1, 0.15) is 11.6 Å². The number of phenols is 1. The largest absolute Gasteiger partial charge is 0.507 e. The second-order valence-electron chi connectivity index (χ2n) is 5.60. The number of hydrogen-bond acceptors (Lipinski definition) is 6. The van der Waals surface area contributed by atoms with Crippen molar-refractivity contribution in [1.82, 2.24) is 10.3 Å². The van der Waals surface area contributed by atoms with Crippen molar-refractivity contribution in [1.29, 1.82) is 0 Å². The molecular formula is C18H19ClFN3O4. The lowest BCUT2D eigenvalue weighted by atomic mass is 10.1. The minimum absolute atomic E-state index is 0.00176. The molecule has 5 N–H and O–H groups in total. The number of nitrogens with zero attached hydrogens (tertiary/aromatic N) is 1. The van der Waals surface area contributed by atoms with E-state index < -0.39 is 22.9 Å². The van der Waals surface area contributed by atoms with Crippen LogP contribution < -0.4 is 15.8 Å². The van der Waals surface area contributed by atoms with Crippen LogP contribution in [0.25, 0.3) is 5.57 Å². The van der Waals surface area contributed by atoms with E-state index in [0.29, 0.717) is 12.0 Å². The number of aliphatic hydroxyl groups excluding tert-OH is 1. The van der Waals surface area contributed by atoms with Crippen LogP contribution in [0.3, 0.4) is 0 Å². The number of ether oxygens (including phenoxy) is 1. The number of carbonyl (C=O) groups excluding carboxylic acids is 1. The number of hydrogen-bond donors (Lipinski definition) is 4. The monoisotopic (exact) mass is 395 g/mol. The predicted molar refractivity (Wildman–Crippen MR) is 99.4 cm³/mol. The summed E-state index contributed by atoms with van der Waals surface area (Å²) in [7, 11) is 0. The minimum atomic E-state index is -1.78. The average Bonchev–Trinajstić information content (AvgIpc) is 2.61. The Bertz CT molecular complexity index is 889. The van der Waals surface area contributed by atoms with Gasteiger partial charge in [-0.2, -0.15) is 0 Å². The van der Waals surface area contributed by atoms with Gasteiger partial charge in [0.25, 0.3) is 0 Å². The summed E-state index contributed by atoms with van der Waals surface area (Å²) in [5, 5.41) is 22.2. The number of aliphatic hydroxyl groups is 1. The van der Waals surface area contributed by atoms with Crippen LogP contribution in [-0.2, 0) is 4.79 Å². The second-order valence-corrected chi connectivity index (χ2v) is 5.97. The molecule has 1 unspecified atom stereocenters. The van der Waals surface area contributed by atoms with Crippen molar-refractivity contribution in [3.63, 3.8) is 0 Å². The molecule has 27 heavy (non-hydrogen) atoms. The molecule has 2 rings (SSSR count). The molecule has 1 amide bonds. The molecule has 9 heteroatoms. The molecular weight excluding hydrogens is 377 g/mol. The van der Waals surface area contributed by atoms with Crippen LogP contribution in [0.4, 0.5) is 10.2 Å². The van der Waals surface area contributed by atoms with Crippen molar-refractivity contribution >= 4 is 28.9 Å². The van der Waals surface area contributed by atoms with Crippen LogP contribution in [-0.4, -0.2) is 21.1 Å². The SMILES string of the molecule is CC/C(=C\NC(C)=O)c1cnc(N)c(OC(O)c2c(O)ccc(F)c2Cl)c1. The third-order valence-electron chi connectivity index (χ3n) is 3.68. The lowest BCUT2D eigenvalue weighted by Gasteiger charge is -2.18. The van der Waals surface area contributed by atoms with E-state index in [9.17, 15) is 19.4 Å². The number of benzene rings is 1. The maximum Gasteiger partial charge on any atom is 0.229 e. The highest BCUT2D eigenvalue weighted by Gasteiger charge is 2.22. The van der Waals surface area contributed by atoms with Crippen molar-refractivity contribution < 1.29 is 24.1 Å². The number of carbonyl (C=O) groups is 1. The molecule has 2 aromatic rings. The molecule has 0 saturated heterocycles. The lowest BCUT2D eigenvalue weighted by Crippen LogP contribution is -2.13. The van der Waals surface area contributed by atoms with Gasteiger partial charge >= 0.3 is 0 Å². The van der Waals surface area contributed by atoms with Gasteiger partial charge in [-0.25, -0.2) is 9.37 Å². The van der Waals surface area contributed by atoms with E-state index in [0.717, 1.165) is 17.7 Å². The van der Waals surface area contributed by atoms with E-state index in [4.69, 9.17) is 22.1 Å². The Balaban J connectivity index is 2.35. The number of amides is 1. The van der Waals surface area contributed by atoms with Crippen LogP contribution in [0.2, 0.25) is 5.02 Å². The number of halogens is 2. The molecule has 0 aliphatic rings. The number of allylic oxidation sites excluding steroid dienone is 1. The minimum Gasteiger partial charge on any atom is -0.507 e. The maximum atomic E-state index is 13.6. The smallest absolute Gasteiger partial charge is 0.229 e. The molecule has 0 spiro atoms. The highest BCUT2D eigenvalue weighted by atomic mass is 35.5. The summed E-state index contributed by atoms with van der Waals surface area (Å²) < 4.78 is 19.0. The van der Waals surface area contributed by atoms with Crippen molar-refractivity contribution in [3.8, 4) is 11.5 Å². The van der Waals surface area contributed by atoms with Gasteiger partial charge in [0.2, 0.25) is 12.2 Å². The number of nitrogens with two attached hydrogens (primary N) is 1. The van der Waals surface area contributed by atoms with Crippen LogP contribution in [0.15, 0.2) is 30.6 Å². The van der Waals surface area contributed by atoms with Gasteiger partial charge in [-0.05, 0) is 30.2 Å². The fraction of sp³-hybridized carbons (Fsp3) is 0.222. The first kappa shape index (κ1) is 20.5. The quantitative estimate of drug-likeness (QED) is 0.558. The van der Waals surface area contributed by atoms with Gasteiger partial charge < -0.3 is 26.0 Å². The van der Waals surface area contributed by atoms with Gasteiger partial charge in [-0.15, -0.1) is 0 Å². The topological polar surface area (TPSA) is 118 Å². The van der Waals surface area contributed by atoms with E-state index >= 15 is 0 Å². The first-order chi connectivity index (χ1) is 12.7. The molecule has 0 aliphatic carbocycles. The average molecular weight is 396 g/mol. The molecule has 1 heterocycles. The number of nitrogens with one attached hydrogen (secondary N) is 1. The van der Waals surface area contributed by atoms with Crippen molar-refractivity contribution in [2.24, 2.45) is 0 Å². The first-order valence-electron chi connectivity index (χ1n) is 7.98. The molecule has 1 aromatic heterocycles. The number of aromatic nitrogens is 1. The number of nitrogen functional groups attached to an aromatic ring is 1. The normalized spacial score (nSPS) is 12.6. The van der Waals surface area contributed by atoms with Crippen LogP contribution >= 0.6 is 11.6 Å². The number of pyridine rings is 1. The summed E-state index contributed by atoms with van der Waals surface area (Å²) in [6.45, 7) is 3.26. The fourth-order valence-corrected chi connectivity index (χ4v) is 2.53. The third-order valence-corrected chi connectivity index (χ3v) is 4.06. The molecule has 0 aliphatic heterocycles. The molecule has 0 saturated carbocycles. The molecule has 0 radical (unpaired) electrons. The number of anilines is 1. The highest BCUT2D eigenvalue weighted by molar-refractivity contribution is 6.31. The third kappa shape index (κ3) is 4.87. The Hall–Kier alpha value is -2.84. The zero-order chi connectivity index (χ0) is 20.1. The Labute approximate surface area is 160 Å². The van der Waals surface area contributed by atoms with E-state index in [-0.39, 0.29) is 23.0 Å². The Morgan fingerprint density at radius 1 is 1.52 bits per heavy atom. The van der Waals surface area contributed by atoms with E-state index in [1.165, 1.54) is 25.4 Å². The number of rotatable bonds is 6. The maximum absolute atomic E-state index is 13.6. The Morgan fingerprint density at radius 2 is 2.22 bits per heavy atom. The van der Waals surface area contributed by atoms with E-state index in [1.54, 1.807) is 0 Å². The Kier molecular flexibility index (Phi) is 6.59. The van der Waals surface area contributed by atoms with Gasteiger partial charge in [-0.3, -0.25) is 4.79 Å². The summed E-state index contributed by atoms with van der Waals surface area (Å²) in [5.74, 6) is -1.51. The zero-order valence-corrected chi connectivity index (χ0v) is 15.4. The molecule has 0 bridgehead atoms.